The van der Waals surface area contributed by atoms with Crippen LogP contribution in [0.3, 0.4) is 0 Å². The Hall–Kier alpha value is -2.08. The Kier molecular flexibility index (Phi) is 7.92. The summed E-state index contributed by atoms with van der Waals surface area (Å²) < 4.78 is 5.82. The average molecular weight is 401 g/mol. The first-order valence-corrected chi connectivity index (χ1v) is 11.1. The Labute approximate surface area is 175 Å². The van der Waals surface area contributed by atoms with Crippen LogP contribution in [-0.2, 0) is 16.0 Å². The number of benzene rings is 1. The lowest BCUT2D eigenvalue weighted by molar-refractivity contribution is -0.130. The van der Waals surface area contributed by atoms with Crippen LogP contribution in [0.4, 0.5) is 0 Å². The van der Waals surface area contributed by atoms with E-state index in [0.717, 1.165) is 58.3 Å². The molecular weight excluding hydrogens is 364 g/mol. The van der Waals surface area contributed by atoms with Crippen LogP contribution in [0.1, 0.15) is 45.1 Å². The van der Waals surface area contributed by atoms with Gasteiger partial charge in [-0.1, -0.05) is 30.3 Å². The number of nitrogens with zero attached hydrogens (tertiary/aromatic N) is 2. The molecule has 6 heteroatoms. The van der Waals surface area contributed by atoms with Gasteiger partial charge in [0.2, 0.25) is 5.91 Å². The number of guanidine groups is 1. The number of carbonyl (C=O) groups is 1. The molecule has 29 heavy (non-hydrogen) atoms. The number of amides is 1. The van der Waals surface area contributed by atoms with Crippen molar-refractivity contribution in [3.8, 4) is 0 Å². The number of carbonyl (C=O) groups excluding carboxylic acids is 1. The third kappa shape index (κ3) is 6.74. The van der Waals surface area contributed by atoms with E-state index >= 15 is 0 Å². The van der Waals surface area contributed by atoms with Crippen LogP contribution in [-0.4, -0.2) is 61.7 Å². The topological polar surface area (TPSA) is 66.0 Å². The number of likely N-dealkylation sites (tertiary alicyclic amines) is 1. The number of hydrogen-bond donors (Lipinski definition) is 2. The maximum atomic E-state index is 12.6. The maximum Gasteiger partial charge on any atom is 0.244 e. The zero-order valence-electron chi connectivity index (χ0n) is 18.0. The molecule has 160 valence electrons. The van der Waals surface area contributed by atoms with Gasteiger partial charge in [0.1, 0.15) is 6.54 Å². The van der Waals surface area contributed by atoms with E-state index in [9.17, 15) is 4.79 Å². The van der Waals surface area contributed by atoms with Crippen LogP contribution in [0.2, 0.25) is 0 Å². The van der Waals surface area contributed by atoms with E-state index < -0.39 is 0 Å². The molecule has 2 aliphatic heterocycles. The quantitative estimate of drug-likeness (QED) is 0.545. The molecular formula is C23H36N4O2. The molecule has 0 radical (unpaired) electrons. The molecule has 0 bridgehead atoms. The third-order valence-electron chi connectivity index (χ3n) is 5.98. The lowest BCUT2D eigenvalue weighted by atomic mass is 9.90. The molecule has 0 aliphatic carbocycles. The monoisotopic (exact) mass is 400 g/mol. The number of hydrogen-bond acceptors (Lipinski definition) is 3. The molecule has 3 rings (SSSR count). The molecule has 2 fully saturated rings. The first-order chi connectivity index (χ1) is 14.1. The second kappa shape index (κ2) is 10.6. The molecule has 2 saturated heterocycles. The molecule has 2 heterocycles. The summed E-state index contributed by atoms with van der Waals surface area (Å²) in [6.45, 7) is 8.32. The van der Waals surface area contributed by atoms with Crippen LogP contribution < -0.4 is 10.6 Å². The van der Waals surface area contributed by atoms with E-state index in [4.69, 9.17) is 4.74 Å². The Morgan fingerprint density at radius 3 is 2.66 bits per heavy atom. The Morgan fingerprint density at radius 2 is 2.00 bits per heavy atom. The molecule has 1 aromatic rings. The average Bonchev–Trinajstić information content (AvgIpc) is 3.18. The fourth-order valence-corrected chi connectivity index (χ4v) is 4.17. The lowest BCUT2D eigenvalue weighted by Crippen LogP contribution is -2.46. The maximum absolute atomic E-state index is 12.6. The van der Waals surface area contributed by atoms with Gasteiger partial charge in [-0.05, 0) is 57.4 Å². The largest absolute Gasteiger partial charge is 0.373 e. The van der Waals surface area contributed by atoms with Gasteiger partial charge in [0.25, 0.3) is 0 Å². The van der Waals surface area contributed by atoms with Gasteiger partial charge in [-0.3, -0.25) is 4.79 Å². The minimum absolute atomic E-state index is 0.115. The number of piperidine rings is 1. The fourth-order valence-electron chi connectivity index (χ4n) is 4.17. The highest BCUT2D eigenvalue weighted by Gasteiger charge is 2.29. The van der Waals surface area contributed by atoms with Crippen molar-refractivity contribution in [2.45, 2.75) is 51.6 Å². The summed E-state index contributed by atoms with van der Waals surface area (Å²) in [7, 11) is 0. The van der Waals surface area contributed by atoms with E-state index in [2.05, 4.69) is 52.9 Å². The normalized spacial score (nSPS) is 23.2. The zero-order valence-corrected chi connectivity index (χ0v) is 18.0. The van der Waals surface area contributed by atoms with Gasteiger partial charge in [-0.15, -0.1) is 0 Å². The van der Waals surface area contributed by atoms with E-state index in [-0.39, 0.29) is 18.1 Å². The molecule has 6 nitrogen and oxygen atoms in total. The van der Waals surface area contributed by atoms with Crippen molar-refractivity contribution in [3.05, 3.63) is 35.9 Å². The Bertz CT molecular complexity index is 663. The molecule has 0 aromatic heterocycles. The molecule has 1 aromatic carbocycles. The van der Waals surface area contributed by atoms with Gasteiger partial charge in [0.15, 0.2) is 5.96 Å². The highest BCUT2D eigenvalue weighted by molar-refractivity contribution is 5.85. The molecule has 2 aliphatic rings. The number of aliphatic imine (C=N–C) groups is 1. The Balaban J connectivity index is 1.43. The smallest absolute Gasteiger partial charge is 0.244 e. The minimum Gasteiger partial charge on any atom is -0.373 e. The van der Waals surface area contributed by atoms with Crippen LogP contribution >= 0.6 is 0 Å². The summed E-state index contributed by atoms with van der Waals surface area (Å²) in [5.74, 6) is 1.47. The summed E-state index contributed by atoms with van der Waals surface area (Å²) >= 11 is 0. The summed E-state index contributed by atoms with van der Waals surface area (Å²) in [5.41, 5.74) is 1.25. The third-order valence-corrected chi connectivity index (χ3v) is 5.98. The van der Waals surface area contributed by atoms with E-state index in [1.807, 2.05) is 11.8 Å². The standard InChI is InChI=1S/C23H36N4O2/c1-3-24-22(26-18-23(2)12-7-15-29-23)25-17-21(28)27-13-10-20(11-14-27)16-19-8-5-4-6-9-19/h4-6,8-9,20H,3,7,10-18H2,1-2H3,(H2,24,25,26). The number of ether oxygens (including phenoxy) is 1. The first kappa shape index (κ1) is 21.6. The van der Waals surface area contributed by atoms with Crippen LogP contribution in [0, 0.1) is 5.92 Å². The van der Waals surface area contributed by atoms with E-state index in [1.165, 1.54) is 5.56 Å². The molecule has 0 saturated carbocycles. The van der Waals surface area contributed by atoms with Crippen LogP contribution in [0.5, 0.6) is 0 Å². The highest BCUT2D eigenvalue weighted by Crippen LogP contribution is 2.24. The second-order valence-corrected chi connectivity index (χ2v) is 8.46. The minimum atomic E-state index is -0.138. The van der Waals surface area contributed by atoms with Crippen molar-refractivity contribution in [1.82, 2.24) is 15.5 Å². The van der Waals surface area contributed by atoms with Crippen molar-refractivity contribution in [2.24, 2.45) is 10.9 Å². The first-order valence-electron chi connectivity index (χ1n) is 11.1. The number of rotatable bonds is 7. The van der Waals surface area contributed by atoms with E-state index in [0.29, 0.717) is 18.4 Å². The summed E-state index contributed by atoms with van der Waals surface area (Å²) in [6.07, 6.45) is 5.40. The highest BCUT2D eigenvalue weighted by atomic mass is 16.5. The van der Waals surface area contributed by atoms with Crippen molar-refractivity contribution in [2.75, 3.05) is 39.3 Å². The lowest BCUT2D eigenvalue weighted by Gasteiger charge is -2.32. The van der Waals surface area contributed by atoms with Gasteiger partial charge in [0.05, 0.1) is 5.60 Å². The Morgan fingerprint density at radius 1 is 1.24 bits per heavy atom. The summed E-state index contributed by atoms with van der Waals surface area (Å²) in [5, 5.41) is 6.57. The van der Waals surface area contributed by atoms with Gasteiger partial charge < -0.3 is 20.3 Å². The second-order valence-electron chi connectivity index (χ2n) is 8.46. The van der Waals surface area contributed by atoms with Crippen LogP contribution in [0.25, 0.3) is 0 Å². The van der Waals surface area contributed by atoms with Crippen molar-refractivity contribution in [1.29, 1.82) is 0 Å². The van der Waals surface area contributed by atoms with Crippen molar-refractivity contribution >= 4 is 11.9 Å². The van der Waals surface area contributed by atoms with Gasteiger partial charge >= 0.3 is 0 Å². The van der Waals surface area contributed by atoms with Crippen molar-refractivity contribution in [3.63, 3.8) is 0 Å². The van der Waals surface area contributed by atoms with Gasteiger partial charge in [-0.2, -0.15) is 0 Å². The molecule has 1 unspecified atom stereocenters. The van der Waals surface area contributed by atoms with Crippen molar-refractivity contribution < 1.29 is 9.53 Å². The van der Waals surface area contributed by atoms with Crippen LogP contribution in [0.15, 0.2) is 35.3 Å². The molecule has 1 atom stereocenters. The fraction of sp³-hybridized carbons (Fsp3) is 0.652. The van der Waals surface area contributed by atoms with Gasteiger partial charge in [-0.25, -0.2) is 4.99 Å². The predicted molar refractivity (Wildman–Crippen MR) is 117 cm³/mol. The predicted octanol–water partition coefficient (Wildman–Crippen LogP) is 2.59. The summed E-state index contributed by atoms with van der Waals surface area (Å²) in [4.78, 5) is 19.1. The van der Waals surface area contributed by atoms with E-state index in [1.54, 1.807) is 0 Å². The van der Waals surface area contributed by atoms with Gasteiger partial charge in [0, 0.05) is 32.8 Å². The summed E-state index contributed by atoms with van der Waals surface area (Å²) in [6, 6.07) is 10.6. The molecule has 1 amide bonds. The SMILES string of the molecule is CCNC(=NCC(=O)N1CCC(Cc2ccccc2)CC1)NCC1(C)CCCO1. The molecule has 0 spiro atoms. The molecule has 2 N–H and O–H groups in total. The zero-order chi connectivity index (χ0) is 20.5. The number of nitrogens with one attached hydrogen (secondary N) is 2.